The molecule has 0 bridgehead atoms. The van der Waals surface area contributed by atoms with Gasteiger partial charge in [0.05, 0.1) is 6.61 Å². The summed E-state index contributed by atoms with van der Waals surface area (Å²) in [5.41, 5.74) is 0. The average molecular weight is 220 g/mol. The molecule has 2 aliphatic rings. The zero-order valence-corrected chi connectivity index (χ0v) is 8.66. The van der Waals surface area contributed by atoms with Gasteiger partial charge in [0.2, 0.25) is 0 Å². The van der Waals surface area contributed by atoms with Gasteiger partial charge in [-0.05, 0) is 13.8 Å². The summed E-state index contributed by atoms with van der Waals surface area (Å²) in [6.07, 6.45) is -5.13. The van der Waals surface area contributed by atoms with E-state index in [-0.39, 0.29) is 6.61 Å². The molecule has 6 nitrogen and oxygen atoms in total. The summed E-state index contributed by atoms with van der Waals surface area (Å²) in [5.74, 6) is -0.812. The molecule has 3 N–H and O–H groups in total. The maximum Gasteiger partial charge on any atom is 0.184 e. The lowest BCUT2D eigenvalue weighted by molar-refractivity contribution is -0.377. The van der Waals surface area contributed by atoms with Gasteiger partial charge in [0.1, 0.15) is 24.4 Å². The Morgan fingerprint density at radius 1 is 1.13 bits per heavy atom. The van der Waals surface area contributed by atoms with Crippen molar-refractivity contribution in [2.75, 3.05) is 6.61 Å². The summed E-state index contributed by atoms with van der Waals surface area (Å²) in [7, 11) is 0. The SMILES string of the molecule is CC1(C)OCC2OC(O)C(O)C(O)C2O1. The fraction of sp³-hybridized carbons (Fsp3) is 1.00. The van der Waals surface area contributed by atoms with Crippen LogP contribution in [0.15, 0.2) is 0 Å². The molecule has 0 aromatic rings. The standard InChI is InChI=1S/C9H16O6/c1-9(2)13-3-4-7(15-9)5(10)6(11)8(12)14-4/h4-8,10-12H,3H2,1-2H3. The lowest BCUT2D eigenvalue weighted by Crippen LogP contribution is -2.64. The number of ether oxygens (including phenoxy) is 3. The van der Waals surface area contributed by atoms with Crippen molar-refractivity contribution in [2.24, 2.45) is 0 Å². The number of hydrogen-bond donors (Lipinski definition) is 3. The van der Waals surface area contributed by atoms with Crippen molar-refractivity contribution in [2.45, 2.75) is 50.3 Å². The summed E-state index contributed by atoms with van der Waals surface area (Å²) < 4.78 is 15.8. The minimum Gasteiger partial charge on any atom is -0.387 e. The Bertz CT molecular complexity index is 241. The van der Waals surface area contributed by atoms with Gasteiger partial charge >= 0.3 is 0 Å². The molecule has 15 heavy (non-hydrogen) atoms. The minimum atomic E-state index is -1.39. The molecule has 0 aromatic carbocycles. The normalized spacial score (nSPS) is 49.8. The van der Waals surface area contributed by atoms with Crippen LogP contribution >= 0.6 is 0 Å². The van der Waals surface area contributed by atoms with Crippen LogP contribution in [0.1, 0.15) is 13.8 Å². The van der Waals surface area contributed by atoms with E-state index in [0.29, 0.717) is 0 Å². The van der Waals surface area contributed by atoms with Crippen LogP contribution in [-0.2, 0) is 14.2 Å². The molecule has 2 heterocycles. The van der Waals surface area contributed by atoms with Crippen LogP contribution in [0.5, 0.6) is 0 Å². The van der Waals surface area contributed by atoms with E-state index in [2.05, 4.69) is 0 Å². The second-order valence-electron chi connectivity index (χ2n) is 4.34. The Morgan fingerprint density at radius 2 is 1.80 bits per heavy atom. The molecule has 2 rings (SSSR count). The van der Waals surface area contributed by atoms with Crippen molar-refractivity contribution >= 4 is 0 Å². The zero-order valence-electron chi connectivity index (χ0n) is 8.66. The molecule has 5 atom stereocenters. The van der Waals surface area contributed by atoms with Gasteiger partial charge in [-0.3, -0.25) is 0 Å². The van der Waals surface area contributed by atoms with Crippen molar-refractivity contribution in [1.29, 1.82) is 0 Å². The van der Waals surface area contributed by atoms with E-state index in [0.717, 1.165) is 0 Å². The molecule has 0 aromatic heterocycles. The summed E-state index contributed by atoms with van der Waals surface area (Å²) in [6.45, 7) is 3.65. The first-order chi connectivity index (χ1) is 6.91. The van der Waals surface area contributed by atoms with Gasteiger partial charge in [-0.15, -0.1) is 0 Å². The first kappa shape index (κ1) is 11.3. The smallest absolute Gasteiger partial charge is 0.184 e. The lowest BCUT2D eigenvalue weighted by atomic mass is 9.98. The molecule has 2 saturated heterocycles. The van der Waals surface area contributed by atoms with E-state index < -0.39 is 36.5 Å². The highest BCUT2D eigenvalue weighted by atomic mass is 16.7. The first-order valence-electron chi connectivity index (χ1n) is 4.92. The van der Waals surface area contributed by atoms with E-state index in [4.69, 9.17) is 14.2 Å². The van der Waals surface area contributed by atoms with E-state index in [1.165, 1.54) is 0 Å². The number of hydrogen-bond acceptors (Lipinski definition) is 6. The zero-order chi connectivity index (χ0) is 11.2. The predicted octanol–water partition coefficient (Wildman–Crippen LogP) is -1.42. The first-order valence-corrected chi connectivity index (χ1v) is 4.92. The van der Waals surface area contributed by atoms with Gasteiger partial charge in [0.25, 0.3) is 0 Å². The third kappa shape index (κ3) is 2.01. The fourth-order valence-electron chi connectivity index (χ4n) is 1.84. The van der Waals surface area contributed by atoms with E-state index >= 15 is 0 Å². The third-order valence-electron chi connectivity index (χ3n) is 2.67. The number of aliphatic hydroxyl groups is 3. The number of aliphatic hydroxyl groups excluding tert-OH is 3. The maximum atomic E-state index is 9.70. The maximum absolute atomic E-state index is 9.70. The van der Waals surface area contributed by atoms with Crippen molar-refractivity contribution in [1.82, 2.24) is 0 Å². The Hall–Kier alpha value is -0.240. The van der Waals surface area contributed by atoms with Crippen LogP contribution in [0.25, 0.3) is 0 Å². The molecular weight excluding hydrogens is 204 g/mol. The molecule has 0 radical (unpaired) electrons. The highest BCUT2D eigenvalue weighted by molar-refractivity contribution is 4.92. The Balaban J connectivity index is 2.12. The van der Waals surface area contributed by atoms with Crippen molar-refractivity contribution in [3.63, 3.8) is 0 Å². The largest absolute Gasteiger partial charge is 0.387 e. The number of fused-ring (bicyclic) bond motifs is 1. The molecule has 5 unspecified atom stereocenters. The second-order valence-corrected chi connectivity index (χ2v) is 4.34. The molecule has 0 aliphatic carbocycles. The Kier molecular flexibility index (Phi) is 2.74. The topological polar surface area (TPSA) is 88.4 Å². The van der Waals surface area contributed by atoms with Gasteiger partial charge in [-0.2, -0.15) is 0 Å². The third-order valence-corrected chi connectivity index (χ3v) is 2.67. The lowest BCUT2D eigenvalue weighted by Gasteiger charge is -2.47. The predicted molar refractivity (Wildman–Crippen MR) is 47.8 cm³/mol. The highest BCUT2D eigenvalue weighted by Crippen LogP contribution is 2.31. The van der Waals surface area contributed by atoms with Crippen LogP contribution in [0.4, 0.5) is 0 Å². The van der Waals surface area contributed by atoms with Gasteiger partial charge in [0.15, 0.2) is 12.1 Å². The summed E-state index contributed by atoms with van der Waals surface area (Å²) in [5, 5.41) is 28.4. The van der Waals surface area contributed by atoms with Crippen LogP contribution in [0.2, 0.25) is 0 Å². The highest BCUT2D eigenvalue weighted by Gasteiger charge is 2.49. The van der Waals surface area contributed by atoms with Crippen LogP contribution in [-0.4, -0.2) is 58.4 Å². The Morgan fingerprint density at radius 3 is 2.47 bits per heavy atom. The number of rotatable bonds is 0. The van der Waals surface area contributed by atoms with E-state index in [1.807, 2.05) is 0 Å². The Labute approximate surface area is 87.4 Å². The second kappa shape index (κ2) is 3.65. The molecule has 0 spiro atoms. The average Bonchev–Trinajstić information content (AvgIpc) is 2.16. The van der Waals surface area contributed by atoms with Crippen molar-refractivity contribution < 1.29 is 29.5 Å². The quantitative estimate of drug-likeness (QED) is 0.464. The minimum absolute atomic E-state index is 0.221. The van der Waals surface area contributed by atoms with Crippen LogP contribution in [0.3, 0.4) is 0 Å². The van der Waals surface area contributed by atoms with Gasteiger partial charge < -0.3 is 29.5 Å². The van der Waals surface area contributed by atoms with Gasteiger partial charge in [-0.25, -0.2) is 0 Å². The molecule has 88 valence electrons. The monoisotopic (exact) mass is 220 g/mol. The molecule has 0 amide bonds. The van der Waals surface area contributed by atoms with E-state index in [1.54, 1.807) is 13.8 Å². The summed E-state index contributed by atoms with van der Waals surface area (Å²) in [4.78, 5) is 0. The van der Waals surface area contributed by atoms with E-state index in [9.17, 15) is 15.3 Å². The summed E-state index contributed by atoms with van der Waals surface area (Å²) in [6, 6.07) is 0. The fourth-order valence-corrected chi connectivity index (χ4v) is 1.84. The molecule has 0 saturated carbocycles. The van der Waals surface area contributed by atoms with Crippen LogP contribution < -0.4 is 0 Å². The van der Waals surface area contributed by atoms with Crippen molar-refractivity contribution in [3.05, 3.63) is 0 Å². The summed E-state index contributed by atoms with van der Waals surface area (Å²) >= 11 is 0. The van der Waals surface area contributed by atoms with Crippen LogP contribution in [0, 0.1) is 0 Å². The van der Waals surface area contributed by atoms with Gasteiger partial charge in [0, 0.05) is 0 Å². The van der Waals surface area contributed by atoms with Gasteiger partial charge in [-0.1, -0.05) is 0 Å². The van der Waals surface area contributed by atoms with Crippen molar-refractivity contribution in [3.8, 4) is 0 Å². The molecule has 6 heteroatoms. The molecule has 2 fully saturated rings. The molecular formula is C9H16O6. The molecule has 2 aliphatic heterocycles.